The van der Waals surface area contributed by atoms with Gasteiger partial charge >= 0.3 is 0 Å². The first-order chi connectivity index (χ1) is 12.1. The number of fused-ring (bicyclic) bond motifs is 3. The van der Waals surface area contributed by atoms with Crippen molar-refractivity contribution in [3.05, 3.63) is 41.6 Å². The maximum absolute atomic E-state index is 6.40. The first-order valence-electron chi connectivity index (χ1n) is 8.73. The lowest BCUT2D eigenvalue weighted by molar-refractivity contribution is -0.316. The number of oxime groups is 1. The van der Waals surface area contributed by atoms with Crippen molar-refractivity contribution in [3.63, 3.8) is 0 Å². The summed E-state index contributed by atoms with van der Waals surface area (Å²) in [6.45, 7) is 4.01. The summed E-state index contributed by atoms with van der Waals surface area (Å²) in [6.07, 6.45) is 1.84. The van der Waals surface area contributed by atoms with Crippen molar-refractivity contribution in [1.82, 2.24) is 4.98 Å². The van der Waals surface area contributed by atoms with Gasteiger partial charge in [-0.1, -0.05) is 23.4 Å². The minimum absolute atomic E-state index is 0.0284. The van der Waals surface area contributed by atoms with E-state index < -0.39 is 12.1 Å². The monoisotopic (exact) mass is 402 g/mol. The van der Waals surface area contributed by atoms with Crippen LogP contribution >= 0.6 is 15.9 Å². The summed E-state index contributed by atoms with van der Waals surface area (Å²) in [7, 11) is 0. The van der Waals surface area contributed by atoms with Gasteiger partial charge in [0.05, 0.1) is 17.5 Å². The van der Waals surface area contributed by atoms with Gasteiger partial charge in [0.25, 0.3) is 5.79 Å². The standard InChI is InChI=1S/C19H19BrN2O3/c1-10(2)23-18-13-9-12-5-3-4-6-14(12)21-16(13)19(24-18)15(11-7-8-11)17(20)22-25-19/h3-6,9-11,15,18H,7-8H2,1-2H3/t15?,18-,19+/m0/s1. The van der Waals surface area contributed by atoms with E-state index >= 15 is 0 Å². The van der Waals surface area contributed by atoms with E-state index in [-0.39, 0.29) is 12.0 Å². The van der Waals surface area contributed by atoms with Crippen molar-refractivity contribution in [3.8, 4) is 0 Å². The highest BCUT2D eigenvalue weighted by atomic mass is 79.9. The lowest BCUT2D eigenvalue weighted by Gasteiger charge is -2.28. The molecular formula is C19H19BrN2O3. The van der Waals surface area contributed by atoms with E-state index in [9.17, 15) is 0 Å². The maximum atomic E-state index is 6.40. The second-order valence-electron chi connectivity index (χ2n) is 7.24. The van der Waals surface area contributed by atoms with Gasteiger partial charge in [0.15, 0.2) is 6.29 Å². The zero-order valence-corrected chi connectivity index (χ0v) is 15.7. The van der Waals surface area contributed by atoms with E-state index in [1.54, 1.807) is 0 Å². The largest absolute Gasteiger partial charge is 0.352 e. The van der Waals surface area contributed by atoms with Gasteiger partial charge in [0, 0.05) is 10.9 Å². The SMILES string of the molecule is CC(C)O[C@H]1O[C@]2(ON=C(Br)C2C2CC2)c2nc3ccccc3cc21. The lowest BCUT2D eigenvalue weighted by Crippen LogP contribution is -2.37. The fourth-order valence-corrected chi connectivity index (χ4v) is 4.57. The second-order valence-corrected chi connectivity index (χ2v) is 8.05. The molecule has 3 atom stereocenters. The smallest absolute Gasteiger partial charge is 0.292 e. The summed E-state index contributed by atoms with van der Waals surface area (Å²) >= 11 is 3.58. The van der Waals surface area contributed by atoms with E-state index in [1.165, 1.54) is 0 Å². The zero-order chi connectivity index (χ0) is 17.2. The summed E-state index contributed by atoms with van der Waals surface area (Å²) in [5, 5.41) is 5.29. The molecule has 1 spiro atoms. The van der Waals surface area contributed by atoms with E-state index in [1.807, 2.05) is 32.0 Å². The van der Waals surface area contributed by atoms with Gasteiger partial charge in [-0.15, -0.1) is 0 Å². The fraction of sp³-hybridized carbons (Fsp3) is 0.474. The number of hydrogen-bond donors (Lipinski definition) is 0. The molecule has 25 heavy (non-hydrogen) atoms. The molecule has 0 bridgehead atoms. The Balaban J connectivity index is 1.69. The Kier molecular flexibility index (Phi) is 3.46. The molecular weight excluding hydrogens is 384 g/mol. The summed E-state index contributed by atoms with van der Waals surface area (Å²) in [5.74, 6) is -0.459. The first-order valence-corrected chi connectivity index (χ1v) is 9.53. The minimum atomic E-state index is -0.987. The van der Waals surface area contributed by atoms with Crippen LogP contribution in [-0.2, 0) is 20.1 Å². The third-order valence-electron chi connectivity index (χ3n) is 5.04. The van der Waals surface area contributed by atoms with E-state index in [2.05, 4.69) is 33.2 Å². The lowest BCUT2D eigenvalue weighted by atomic mass is 9.91. The van der Waals surface area contributed by atoms with Gasteiger partial charge in [-0.25, -0.2) is 4.98 Å². The molecule has 1 saturated carbocycles. The van der Waals surface area contributed by atoms with Gasteiger partial charge in [-0.2, -0.15) is 0 Å². The van der Waals surface area contributed by atoms with Crippen molar-refractivity contribution < 1.29 is 14.3 Å². The molecule has 1 unspecified atom stereocenters. The number of pyridine rings is 1. The van der Waals surface area contributed by atoms with Crippen LogP contribution in [0.1, 0.15) is 44.2 Å². The Morgan fingerprint density at radius 2 is 2.08 bits per heavy atom. The third-order valence-corrected chi connectivity index (χ3v) is 5.68. The second kappa shape index (κ2) is 5.50. The molecule has 2 aromatic rings. The first kappa shape index (κ1) is 15.7. The average molecular weight is 403 g/mol. The Labute approximate surface area is 154 Å². The number of hydrogen-bond acceptors (Lipinski definition) is 5. The summed E-state index contributed by atoms with van der Waals surface area (Å²) in [6, 6.07) is 10.2. The van der Waals surface area contributed by atoms with Gasteiger partial charge in [0.1, 0.15) is 10.3 Å². The van der Waals surface area contributed by atoms with E-state index in [0.717, 1.165) is 39.6 Å². The van der Waals surface area contributed by atoms with E-state index in [4.69, 9.17) is 19.3 Å². The van der Waals surface area contributed by atoms with Crippen LogP contribution in [0.5, 0.6) is 0 Å². The molecule has 0 radical (unpaired) electrons. The Morgan fingerprint density at radius 3 is 2.84 bits per heavy atom. The summed E-state index contributed by atoms with van der Waals surface area (Å²) in [4.78, 5) is 10.8. The number of halogens is 1. The van der Waals surface area contributed by atoms with Gasteiger partial charge in [-0.3, -0.25) is 4.74 Å². The number of para-hydroxylation sites is 1. The van der Waals surface area contributed by atoms with Crippen molar-refractivity contribution in [2.45, 2.75) is 44.9 Å². The number of nitrogens with zero attached hydrogens (tertiary/aromatic N) is 2. The molecule has 6 heteroatoms. The van der Waals surface area contributed by atoms with Crippen molar-refractivity contribution in [2.75, 3.05) is 0 Å². The molecule has 3 heterocycles. The Morgan fingerprint density at radius 1 is 1.28 bits per heavy atom. The molecule has 0 amide bonds. The maximum Gasteiger partial charge on any atom is 0.292 e. The number of aromatic nitrogens is 1. The average Bonchev–Trinajstić information content (AvgIpc) is 3.31. The molecule has 1 aromatic heterocycles. The van der Waals surface area contributed by atoms with Crippen LogP contribution in [0.15, 0.2) is 35.5 Å². The highest BCUT2D eigenvalue weighted by molar-refractivity contribution is 9.18. The highest BCUT2D eigenvalue weighted by Gasteiger charge is 2.63. The van der Waals surface area contributed by atoms with Crippen LogP contribution < -0.4 is 0 Å². The molecule has 0 saturated heterocycles. The molecule has 0 N–H and O–H groups in total. The minimum Gasteiger partial charge on any atom is -0.352 e. The van der Waals surface area contributed by atoms with Crippen molar-refractivity contribution in [1.29, 1.82) is 0 Å². The molecule has 130 valence electrons. The Hall–Kier alpha value is -1.50. The Bertz CT molecular complexity index is 880. The topological polar surface area (TPSA) is 52.9 Å². The van der Waals surface area contributed by atoms with Crippen LogP contribution in [0.25, 0.3) is 10.9 Å². The predicted octanol–water partition coefficient (Wildman–Crippen LogP) is 4.61. The van der Waals surface area contributed by atoms with Crippen LogP contribution in [0, 0.1) is 11.8 Å². The van der Waals surface area contributed by atoms with Crippen LogP contribution in [0.4, 0.5) is 0 Å². The molecule has 3 aliphatic rings. The molecule has 5 rings (SSSR count). The van der Waals surface area contributed by atoms with Gasteiger partial charge in [0.2, 0.25) is 0 Å². The summed E-state index contributed by atoms with van der Waals surface area (Å²) < 4.78 is 13.3. The fourth-order valence-electron chi connectivity index (χ4n) is 3.82. The number of rotatable bonds is 3. The summed E-state index contributed by atoms with van der Waals surface area (Å²) in [5.41, 5.74) is 2.66. The molecule has 1 aromatic carbocycles. The highest BCUT2D eigenvalue weighted by Crippen LogP contribution is 2.58. The molecule has 5 nitrogen and oxygen atoms in total. The molecule has 1 fully saturated rings. The number of ether oxygens (including phenoxy) is 2. The predicted molar refractivity (Wildman–Crippen MR) is 97.1 cm³/mol. The quantitative estimate of drug-likeness (QED) is 0.752. The van der Waals surface area contributed by atoms with Crippen LogP contribution in [0.2, 0.25) is 0 Å². The van der Waals surface area contributed by atoms with Gasteiger partial charge in [-0.05, 0) is 60.7 Å². The zero-order valence-electron chi connectivity index (χ0n) is 14.1. The van der Waals surface area contributed by atoms with Crippen LogP contribution in [0.3, 0.4) is 0 Å². The number of benzene rings is 1. The van der Waals surface area contributed by atoms with Crippen molar-refractivity contribution >= 4 is 31.5 Å². The third kappa shape index (κ3) is 2.34. The van der Waals surface area contributed by atoms with Gasteiger partial charge < -0.3 is 9.57 Å². The normalized spacial score (nSPS) is 30.8. The molecule has 2 aliphatic heterocycles. The van der Waals surface area contributed by atoms with E-state index in [0.29, 0.717) is 5.92 Å². The molecule has 1 aliphatic carbocycles. The van der Waals surface area contributed by atoms with Crippen LogP contribution in [-0.4, -0.2) is 15.7 Å². The van der Waals surface area contributed by atoms with Crippen molar-refractivity contribution in [2.24, 2.45) is 17.0 Å².